The summed E-state index contributed by atoms with van der Waals surface area (Å²) in [5.74, 6) is 0.394. The molecule has 5 heteroatoms. The first-order valence-corrected chi connectivity index (χ1v) is 9.07. The SMILES string of the molecule is CC(C)c1ccccc1NC(=O)C[C@H](C)NCc1cn2ccccc2n1. The second kappa shape index (κ2) is 8.15. The number of para-hydroxylation sites is 1. The monoisotopic (exact) mass is 350 g/mol. The van der Waals surface area contributed by atoms with E-state index in [4.69, 9.17) is 0 Å². The van der Waals surface area contributed by atoms with Gasteiger partial charge in [0.1, 0.15) is 5.65 Å². The molecule has 0 aliphatic rings. The van der Waals surface area contributed by atoms with Crippen molar-refractivity contribution in [3.8, 4) is 0 Å². The third kappa shape index (κ3) is 4.49. The minimum absolute atomic E-state index is 0.0214. The fraction of sp³-hybridized carbons (Fsp3) is 0.333. The first kappa shape index (κ1) is 18.1. The molecule has 136 valence electrons. The molecule has 0 radical (unpaired) electrons. The lowest BCUT2D eigenvalue weighted by Crippen LogP contribution is -2.30. The molecule has 2 N–H and O–H groups in total. The number of aromatic nitrogens is 2. The van der Waals surface area contributed by atoms with Gasteiger partial charge in [-0.15, -0.1) is 0 Å². The van der Waals surface area contributed by atoms with E-state index in [2.05, 4.69) is 35.5 Å². The number of nitrogens with one attached hydrogen (secondary N) is 2. The minimum Gasteiger partial charge on any atom is -0.326 e. The number of anilines is 1. The molecule has 2 aromatic heterocycles. The summed E-state index contributed by atoms with van der Waals surface area (Å²) in [6, 6.07) is 14.0. The van der Waals surface area contributed by atoms with Crippen LogP contribution < -0.4 is 10.6 Å². The van der Waals surface area contributed by atoms with E-state index in [9.17, 15) is 4.79 Å². The van der Waals surface area contributed by atoms with Crippen molar-refractivity contribution < 1.29 is 4.79 Å². The maximum atomic E-state index is 12.4. The van der Waals surface area contributed by atoms with Crippen LogP contribution in [0.4, 0.5) is 5.69 Å². The van der Waals surface area contributed by atoms with E-state index in [0.717, 1.165) is 22.6 Å². The molecule has 2 heterocycles. The number of hydrogen-bond acceptors (Lipinski definition) is 3. The van der Waals surface area contributed by atoms with E-state index in [1.54, 1.807) is 0 Å². The fourth-order valence-corrected chi connectivity index (χ4v) is 3.02. The largest absolute Gasteiger partial charge is 0.326 e. The zero-order valence-electron chi connectivity index (χ0n) is 15.6. The lowest BCUT2D eigenvalue weighted by molar-refractivity contribution is -0.116. The first-order valence-electron chi connectivity index (χ1n) is 9.07. The van der Waals surface area contributed by atoms with Crippen molar-refractivity contribution in [2.45, 2.75) is 45.7 Å². The molecule has 0 spiro atoms. The van der Waals surface area contributed by atoms with Gasteiger partial charge < -0.3 is 15.0 Å². The molecule has 0 saturated carbocycles. The molecule has 0 fully saturated rings. The van der Waals surface area contributed by atoms with Crippen molar-refractivity contribution in [3.63, 3.8) is 0 Å². The zero-order chi connectivity index (χ0) is 18.5. The van der Waals surface area contributed by atoms with Gasteiger partial charge in [-0.1, -0.05) is 38.1 Å². The van der Waals surface area contributed by atoms with Crippen molar-refractivity contribution in [1.29, 1.82) is 0 Å². The summed E-state index contributed by atoms with van der Waals surface area (Å²) in [7, 11) is 0. The van der Waals surface area contributed by atoms with Gasteiger partial charge in [-0.25, -0.2) is 4.98 Å². The van der Waals surface area contributed by atoms with Crippen LogP contribution in [0.1, 0.15) is 44.4 Å². The Kier molecular flexibility index (Phi) is 5.68. The maximum Gasteiger partial charge on any atom is 0.225 e. The van der Waals surface area contributed by atoms with E-state index in [1.807, 2.05) is 60.1 Å². The third-order valence-corrected chi connectivity index (χ3v) is 4.39. The minimum atomic E-state index is 0.0214. The molecule has 1 amide bonds. The summed E-state index contributed by atoms with van der Waals surface area (Å²) in [4.78, 5) is 16.9. The van der Waals surface area contributed by atoms with Crippen LogP contribution in [0.25, 0.3) is 5.65 Å². The predicted molar refractivity (Wildman–Crippen MR) is 105 cm³/mol. The van der Waals surface area contributed by atoms with Gasteiger partial charge in [0.05, 0.1) is 5.69 Å². The van der Waals surface area contributed by atoms with Crippen molar-refractivity contribution in [2.24, 2.45) is 0 Å². The van der Waals surface area contributed by atoms with Crippen LogP contribution in [0.2, 0.25) is 0 Å². The zero-order valence-corrected chi connectivity index (χ0v) is 15.6. The highest BCUT2D eigenvalue weighted by atomic mass is 16.1. The standard InChI is InChI=1S/C21H26N4O/c1-15(2)18-8-4-5-9-19(18)24-21(26)12-16(3)22-13-17-14-25-11-7-6-10-20(25)23-17/h4-11,14-16,22H,12-13H2,1-3H3,(H,24,26)/t16-/m0/s1. The average molecular weight is 350 g/mol. The van der Waals surface area contributed by atoms with Gasteiger partial charge in [-0.05, 0) is 36.6 Å². The molecule has 26 heavy (non-hydrogen) atoms. The number of imidazole rings is 1. The van der Waals surface area contributed by atoms with Gasteiger partial charge in [0.15, 0.2) is 0 Å². The number of amides is 1. The van der Waals surface area contributed by atoms with Crippen LogP contribution in [0.5, 0.6) is 0 Å². The Hall–Kier alpha value is -2.66. The van der Waals surface area contributed by atoms with E-state index < -0.39 is 0 Å². The number of benzene rings is 1. The summed E-state index contributed by atoms with van der Waals surface area (Å²) in [6.07, 6.45) is 4.41. The van der Waals surface area contributed by atoms with Crippen molar-refractivity contribution >= 4 is 17.2 Å². The Bertz CT molecular complexity index is 851. The Balaban J connectivity index is 1.53. The van der Waals surface area contributed by atoms with Gasteiger partial charge in [-0.2, -0.15) is 0 Å². The molecule has 3 aromatic rings. The number of nitrogens with zero attached hydrogens (tertiary/aromatic N) is 2. The summed E-state index contributed by atoms with van der Waals surface area (Å²) in [5.41, 5.74) is 3.96. The van der Waals surface area contributed by atoms with Crippen molar-refractivity contribution in [1.82, 2.24) is 14.7 Å². The number of fused-ring (bicyclic) bond motifs is 1. The van der Waals surface area contributed by atoms with Gasteiger partial charge in [0.25, 0.3) is 0 Å². The highest BCUT2D eigenvalue weighted by Gasteiger charge is 2.12. The van der Waals surface area contributed by atoms with Gasteiger partial charge >= 0.3 is 0 Å². The van der Waals surface area contributed by atoms with Crippen molar-refractivity contribution in [2.75, 3.05) is 5.32 Å². The number of pyridine rings is 1. The number of carbonyl (C=O) groups is 1. The number of rotatable bonds is 7. The molecule has 3 rings (SSSR count). The van der Waals surface area contributed by atoms with E-state index >= 15 is 0 Å². The van der Waals surface area contributed by atoms with E-state index in [0.29, 0.717) is 18.9 Å². The molecule has 0 aliphatic heterocycles. The molecule has 5 nitrogen and oxygen atoms in total. The molecule has 0 bridgehead atoms. The molecule has 1 atom stereocenters. The molecule has 0 unspecified atom stereocenters. The molecular formula is C21H26N4O. The lowest BCUT2D eigenvalue weighted by atomic mass is 10.0. The Morgan fingerprint density at radius 1 is 1.12 bits per heavy atom. The van der Waals surface area contributed by atoms with Crippen LogP contribution in [0.15, 0.2) is 54.9 Å². The summed E-state index contributed by atoms with van der Waals surface area (Å²) < 4.78 is 2.00. The quantitative estimate of drug-likeness (QED) is 0.678. The van der Waals surface area contributed by atoms with Crippen LogP contribution in [-0.2, 0) is 11.3 Å². The molecular weight excluding hydrogens is 324 g/mol. The van der Waals surface area contributed by atoms with Crippen molar-refractivity contribution in [3.05, 3.63) is 66.1 Å². The lowest BCUT2D eigenvalue weighted by Gasteiger charge is -2.16. The molecule has 0 aliphatic carbocycles. The van der Waals surface area contributed by atoms with Crippen LogP contribution in [-0.4, -0.2) is 21.3 Å². The smallest absolute Gasteiger partial charge is 0.225 e. The molecule has 0 saturated heterocycles. The second-order valence-corrected chi connectivity index (χ2v) is 6.97. The van der Waals surface area contributed by atoms with Gasteiger partial charge in [0, 0.05) is 37.1 Å². The van der Waals surface area contributed by atoms with E-state index in [-0.39, 0.29) is 11.9 Å². The van der Waals surface area contributed by atoms with E-state index in [1.165, 1.54) is 0 Å². The number of hydrogen-bond donors (Lipinski definition) is 2. The Morgan fingerprint density at radius 3 is 2.65 bits per heavy atom. The van der Waals surface area contributed by atoms with Crippen LogP contribution in [0.3, 0.4) is 0 Å². The highest BCUT2D eigenvalue weighted by Crippen LogP contribution is 2.23. The first-order chi connectivity index (χ1) is 12.5. The topological polar surface area (TPSA) is 58.4 Å². The van der Waals surface area contributed by atoms with Crippen LogP contribution in [0, 0.1) is 0 Å². The normalized spacial score (nSPS) is 12.5. The summed E-state index contributed by atoms with van der Waals surface area (Å²) >= 11 is 0. The maximum absolute atomic E-state index is 12.4. The summed E-state index contributed by atoms with van der Waals surface area (Å²) in [5, 5.41) is 6.42. The fourth-order valence-electron chi connectivity index (χ4n) is 3.02. The summed E-state index contributed by atoms with van der Waals surface area (Å²) in [6.45, 7) is 6.91. The Labute approximate surface area is 154 Å². The van der Waals surface area contributed by atoms with Gasteiger partial charge in [-0.3, -0.25) is 4.79 Å². The second-order valence-electron chi connectivity index (χ2n) is 6.97. The van der Waals surface area contributed by atoms with Gasteiger partial charge in [0.2, 0.25) is 5.91 Å². The third-order valence-electron chi connectivity index (χ3n) is 4.39. The predicted octanol–water partition coefficient (Wildman–Crippen LogP) is 3.96. The van der Waals surface area contributed by atoms with Crippen LogP contribution >= 0.6 is 0 Å². The highest BCUT2D eigenvalue weighted by molar-refractivity contribution is 5.92. The molecule has 1 aromatic carbocycles. The number of carbonyl (C=O) groups excluding carboxylic acids is 1. The Morgan fingerprint density at radius 2 is 1.88 bits per heavy atom. The average Bonchev–Trinajstić information content (AvgIpc) is 3.03.